The summed E-state index contributed by atoms with van der Waals surface area (Å²) < 4.78 is 4.90. The first-order valence-electron chi connectivity index (χ1n) is 9.25. The molecule has 1 aromatic rings. The van der Waals surface area contributed by atoms with Crippen LogP contribution in [0.1, 0.15) is 12.8 Å². The molecule has 0 saturated carbocycles. The third-order valence-corrected chi connectivity index (χ3v) is 4.41. The lowest BCUT2D eigenvalue weighted by Gasteiger charge is -2.36. The number of carbonyl (C=O) groups excluding carboxylic acids is 2. The third-order valence-electron chi connectivity index (χ3n) is 4.41. The van der Waals surface area contributed by atoms with Gasteiger partial charge in [-0.1, -0.05) is 18.2 Å². The van der Waals surface area contributed by atoms with Crippen molar-refractivity contribution in [3.63, 3.8) is 0 Å². The fourth-order valence-electron chi connectivity index (χ4n) is 2.92. The number of hydrogen-bond acceptors (Lipinski definition) is 5. The van der Waals surface area contributed by atoms with Crippen LogP contribution in [0.15, 0.2) is 30.3 Å². The molecule has 2 N–H and O–H groups in total. The zero-order valence-corrected chi connectivity index (χ0v) is 18.0. The maximum Gasteiger partial charge on any atom is 0.233 e. The van der Waals surface area contributed by atoms with Crippen molar-refractivity contribution in [3.8, 4) is 0 Å². The van der Waals surface area contributed by atoms with Crippen molar-refractivity contribution in [1.29, 1.82) is 0 Å². The van der Waals surface area contributed by atoms with Crippen LogP contribution in [-0.2, 0) is 14.3 Å². The molecule has 1 aliphatic heterocycles. The summed E-state index contributed by atoms with van der Waals surface area (Å²) in [6.45, 7) is 5.27. The molecule has 2 amide bonds. The van der Waals surface area contributed by atoms with E-state index in [1.165, 1.54) is 5.69 Å². The molecule has 1 saturated heterocycles. The zero-order valence-electron chi connectivity index (χ0n) is 16.4. The van der Waals surface area contributed by atoms with Crippen molar-refractivity contribution in [2.45, 2.75) is 12.8 Å². The molecule has 9 heteroatoms. The summed E-state index contributed by atoms with van der Waals surface area (Å²) in [4.78, 5) is 28.1. The summed E-state index contributed by atoms with van der Waals surface area (Å²) in [5.41, 5.74) is 1.21. The van der Waals surface area contributed by atoms with Crippen molar-refractivity contribution in [2.24, 2.45) is 0 Å². The van der Waals surface area contributed by atoms with Gasteiger partial charge in [0.1, 0.15) is 0 Å². The van der Waals surface area contributed by atoms with E-state index in [-0.39, 0.29) is 43.2 Å². The van der Waals surface area contributed by atoms with Crippen molar-refractivity contribution in [3.05, 3.63) is 30.3 Å². The molecule has 1 fully saturated rings. The second-order valence-corrected chi connectivity index (χ2v) is 6.33. The number of nitrogens with zero attached hydrogens (tertiary/aromatic N) is 2. The average molecular weight is 435 g/mol. The van der Waals surface area contributed by atoms with Gasteiger partial charge >= 0.3 is 0 Å². The predicted molar refractivity (Wildman–Crippen MR) is 117 cm³/mol. The van der Waals surface area contributed by atoms with E-state index < -0.39 is 0 Å². The van der Waals surface area contributed by atoms with Gasteiger partial charge in [-0.25, -0.2) is 0 Å². The van der Waals surface area contributed by atoms with Gasteiger partial charge in [0.05, 0.1) is 13.2 Å². The average Bonchev–Trinajstić information content (AvgIpc) is 2.69. The van der Waals surface area contributed by atoms with Crippen molar-refractivity contribution < 1.29 is 14.3 Å². The number of ether oxygens (including phenoxy) is 1. The fourth-order valence-corrected chi connectivity index (χ4v) is 2.92. The molecule has 160 valence electrons. The van der Waals surface area contributed by atoms with Crippen LogP contribution in [0.25, 0.3) is 0 Å². The molecule has 7 nitrogen and oxygen atoms in total. The summed E-state index contributed by atoms with van der Waals surface area (Å²) in [6.07, 6.45) is 1.14. The van der Waals surface area contributed by atoms with E-state index in [0.29, 0.717) is 32.5 Å². The summed E-state index contributed by atoms with van der Waals surface area (Å²) in [5.74, 6) is 0.121. The van der Waals surface area contributed by atoms with Gasteiger partial charge in [0.15, 0.2) is 0 Å². The largest absolute Gasteiger partial charge is 0.383 e. The molecule has 1 aliphatic rings. The van der Waals surface area contributed by atoms with Gasteiger partial charge in [0.2, 0.25) is 11.8 Å². The van der Waals surface area contributed by atoms with Gasteiger partial charge in [-0.3, -0.25) is 9.59 Å². The van der Waals surface area contributed by atoms with Crippen LogP contribution < -0.4 is 15.5 Å². The Hall–Kier alpha value is -1.54. The minimum atomic E-state index is -0.0509. The first-order valence-corrected chi connectivity index (χ1v) is 9.25. The molecule has 0 spiro atoms. The molecule has 0 unspecified atom stereocenters. The number of nitrogens with one attached hydrogen (secondary N) is 2. The van der Waals surface area contributed by atoms with E-state index in [1.807, 2.05) is 23.1 Å². The summed E-state index contributed by atoms with van der Waals surface area (Å²) >= 11 is 0. The van der Waals surface area contributed by atoms with Crippen LogP contribution in [0.3, 0.4) is 0 Å². The lowest BCUT2D eigenvalue weighted by Crippen LogP contribution is -2.48. The van der Waals surface area contributed by atoms with E-state index in [2.05, 4.69) is 27.7 Å². The normalized spacial score (nSPS) is 13.3. The van der Waals surface area contributed by atoms with Crippen molar-refractivity contribution >= 4 is 42.3 Å². The number of para-hydroxylation sites is 1. The number of methoxy groups -OCH3 is 1. The van der Waals surface area contributed by atoms with Gasteiger partial charge < -0.3 is 25.2 Å². The van der Waals surface area contributed by atoms with Crippen LogP contribution in [0.4, 0.5) is 5.69 Å². The van der Waals surface area contributed by atoms with Gasteiger partial charge in [0.25, 0.3) is 0 Å². The second kappa shape index (κ2) is 15.4. The fraction of sp³-hybridized carbons (Fsp3) is 0.579. The third kappa shape index (κ3) is 9.59. The highest BCUT2D eigenvalue weighted by molar-refractivity contribution is 5.85. The number of hydrogen-bond donors (Lipinski definition) is 2. The molecule has 2 rings (SSSR count). The molecule has 0 atom stereocenters. The van der Waals surface area contributed by atoms with Gasteiger partial charge in [-0.2, -0.15) is 0 Å². The SMILES string of the molecule is COCCNCC(=O)NCCCC(=O)N1CCN(c2ccccc2)CC1.Cl.Cl. The molecule has 0 bridgehead atoms. The Morgan fingerprint density at radius 1 is 1.04 bits per heavy atom. The van der Waals surface area contributed by atoms with Crippen LogP contribution in [-0.4, -0.2) is 76.2 Å². The molecule has 28 heavy (non-hydrogen) atoms. The lowest BCUT2D eigenvalue weighted by molar-refractivity contribution is -0.131. The van der Waals surface area contributed by atoms with Crippen LogP contribution in [0.2, 0.25) is 0 Å². The Labute approximate surface area is 180 Å². The first-order chi connectivity index (χ1) is 12.7. The number of piperazine rings is 1. The predicted octanol–water partition coefficient (Wildman–Crippen LogP) is 1.31. The summed E-state index contributed by atoms with van der Waals surface area (Å²) in [5, 5.41) is 5.81. The highest BCUT2D eigenvalue weighted by atomic mass is 35.5. The van der Waals surface area contributed by atoms with Crippen LogP contribution >= 0.6 is 24.8 Å². The van der Waals surface area contributed by atoms with E-state index in [1.54, 1.807) is 7.11 Å². The maximum atomic E-state index is 12.3. The smallest absolute Gasteiger partial charge is 0.233 e. The molecule has 0 aliphatic carbocycles. The Bertz CT molecular complexity index is 555. The number of halogens is 2. The molecular formula is C19H32Cl2N4O3. The lowest BCUT2D eigenvalue weighted by atomic mass is 10.2. The zero-order chi connectivity index (χ0) is 18.6. The minimum Gasteiger partial charge on any atom is -0.383 e. The second-order valence-electron chi connectivity index (χ2n) is 6.33. The highest BCUT2D eigenvalue weighted by Crippen LogP contribution is 2.15. The topological polar surface area (TPSA) is 73.9 Å². The highest BCUT2D eigenvalue weighted by Gasteiger charge is 2.20. The van der Waals surface area contributed by atoms with E-state index >= 15 is 0 Å². The van der Waals surface area contributed by atoms with Crippen molar-refractivity contribution in [2.75, 3.05) is 64.4 Å². The summed E-state index contributed by atoms with van der Waals surface area (Å²) in [6, 6.07) is 10.3. The number of benzene rings is 1. The Kier molecular flexibility index (Phi) is 14.5. The number of anilines is 1. The van der Waals surface area contributed by atoms with E-state index in [4.69, 9.17) is 4.74 Å². The Morgan fingerprint density at radius 3 is 2.36 bits per heavy atom. The molecular weight excluding hydrogens is 403 g/mol. The quantitative estimate of drug-likeness (QED) is 0.543. The Balaban J connectivity index is 0.00000364. The molecule has 1 heterocycles. The standard InChI is InChI=1S/C19H30N4O3.2ClH/c1-26-15-10-20-16-18(24)21-9-5-8-19(25)23-13-11-22(12-14-23)17-6-3-2-4-7-17;;/h2-4,6-7,20H,5,8-16H2,1H3,(H,21,24);2*1H. The van der Waals surface area contributed by atoms with Crippen LogP contribution in [0.5, 0.6) is 0 Å². The van der Waals surface area contributed by atoms with Crippen LogP contribution in [0, 0.1) is 0 Å². The Morgan fingerprint density at radius 2 is 1.71 bits per heavy atom. The first kappa shape index (κ1) is 26.5. The van der Waals surface area contributed by atoms with Gasteiger partial charge in [-0.05, 0) is 18.6 Å². The molecule has 0 aromatic heterocycles. The number of carbonyl (C=O) groups is 2. The van der Waals surface area contributed by atoms with E-state index in [0.717, 1.165) is 26.2 Å². The van der Waals surface area contributed by atoms with Crippen molar-refractivity contribution in [1.82, 2.24) is 15.5 Å². The van der Waals surface area contributed by atoms with Gasteiger partial charge in [-0.15, -0.1) is 24.8 Å². The number of amides is 2. The molecule has 1 aromatic carbocycles. The number of rotatable bonds is 10. The summed E-state index contributed by atoms with van der Waals surface area (Å²) in [7, 11) is 1.63. The van der Waals surface area contributed by atoms with E-state index in [9.17, 15) is 9.59 Å². The van der Waals surface area contributed by atoms with Gasteiger partial charge in [0, 0.05) is 58.5 Å². The monoisotopic (exact) mass is 434 g/mol. The molecule has 0 radical (unpaired) electrons. The minimum absolute atomic E-state index is 0. The maximum absolute atomic E-state index is 12.3.